The predicted molar refractivity (Wildman–Crippen MR) is 64.2 cm³/mol. The number of hydrogen-bond acceptors (Lipinski definition) is 2. The molecule has 0 aliphatic carbocycles. The Morgan fingerprint density at radius 1 is 1.22 bits per heavy atom. The van der Waals surface area contributed by atoms with Crippen LogP contribution in [-0.2, 0) is 0 Å². The van der Waals surface area contributed by atoms with Crippen LogP contribution in [0.1, 0.15) is 33.6 Å². The molecule has 0 atom stereocenters. The molecule has 3 N–H and O–H groups in total. The second kappa shape index (κ2) is 6.82. The number of carbonyl (C=O) groups excluding carboxylic acids is 1. The summed E-state index contributed by atoms with van der Waals surface area (Å²) < 4.78 is 36.2. The summed E-state index contributed by atoms with van der Waals surface area (Å²) in [4.78, 5) is 13.2. The first kappa shape index (κ1) is 17.0. The maximum atomic E-state index is 12.1. The van der Waals surface area contributed by atoms with E-state index < -0.39 is 24.3 Å². The van der Waals surface area contributed by atoms with Crippen molar-refractivity contribution in [1.82, 2.24) is 10.2 Å². The average molecular weight is 269 g/mol. The second-order valence-corrected chi connectivity index (χ2v) is 4.15. The number of hydrogen-bond donors (Lipinski definition) is 2. The molecular weight excluding hydrogens is 247 g/mol. The third kappa shape index (κ3) is 4.36. The average Bonchev–Trinajstić information content (AvgIpc) is 2.32. The Hall–Kier alpha value is -0.980. The van der Waals surface area contributed by atoms with Gasteiger partial charge in [-0.25, -0.2) is 4.79 Å². The molecule has 108 valence electrons. The van der Waals surface area contributed by atoms with Crippen LogP contribution < -0.4 is 11.1 Å². The first-order valence-electron chi connectivity index (χ1n) is 6.08. The molecule has 7 heteroatoms. The van der Waals surface area contributed by atoms with Gasteiger partial charge in [0.2, 0.25) is 0 Å². The van der Waals surface area contributed by atoms with E-state index in [1.54, 1.807) is 6.92 Å². The number of alkyl halides is 3. The monoisotopic (exact) mass is 269 g/mol. The van der Waals surface area contributed by atoms with Crippen molar-refractivity contribution in [3.63, 3.8) is 0 Å². The number of nitrogens with two attached hydrogens (primary N) is 1. The number of amides is 2. The van der Waals surface area contributed by atoms with E-state index in [1.807, 2.05) is 19.2 Å². The summed E-state index contributed by atoms with van der Waals surface area (Å²) >= 11 is 0. The van der Waals surface area contributed by atoms with Crippen molar-refractivity contribution in [3.8, 4) is 0 Å². The van der Waals surface area contributed by atoms with Crippen molar-refractivity contribution in [1.29, 1.82) is 0 Å². The Labute approximate surface area is 106 Å². The zero-order chi connectivity index (χ0) is 14.4. The normalized spacial score (nSPS) is 12.4. The maximum absolute atomic E-state index is 12.1. The van der Waals surface area contributed by atoms with Crippen LogP contribution >= 0.6 is 0 Å². The van der Waals surface area contributed by atoms with E-state index in [0.29, 0.717) is 19.4 Å². The first-order chi connectivity index (χ1) is 8.26. The second-order valence-electron chi connectivity index (χ2n) is 4.15. The van der Waals surface area contributed by atoms with Crippen molar-refractivity contribution in [2.24, 2.45) is 5.73 Å². The van der Waals surface area contributed by atoms with Gasteiger partial charge in [0.15, 0.2) is 0 Å². The fourth-order valence-electron chi connectivity index (χ4n) is 2.00. The van der Waals surface area contributed by atoms with E-state index in [1.165, 1.54) is 4.90 Å². The summed E-state index contributed by atoms with van der Waals surface area (Å²) in [6.07, 6.45) is -3.20. The zero-order valence-electron chi connectivity index (χ0n) is 11.1. The fraction of sp³-hybridized carbons (Fsp3) is 0.909. The van der Waals surface area contributed by atoms with Crippen LogP contribution in [0.5, 0.6) is 0 Å². The van der Waals surface area contributed by atoms with E-state index >= 15 is 0 Å². The van der Waals surface area contributed by atoms with Gasteiger partial charge in [0.1, 0.15) is 6.54 Å². The number of urea groups is 1. The third-order valence-corrected chi connectivity index (χ3v) is 3.27. The van der Waals surface area contributed by atoms with Crippen LogP contribution in [0.3, 0.4) is 0 Å². The molecule has 4 nitrogen and oxygen atoms in total. The SMILES string of the molecule is CCN(C(=O)NCC(F)(F)F)C(CC)(CC)CN. The molecule has 0 radical (unpaired) electrons. The molecule has 18 heavy (non-hydrogen) atoms. The van der Waals surface area contributed by atoms with E-state index in [4.69, 9.17) is 5.73 Å². The van der Waals surface area contributed by atoms with Crippen LogP contribution in [0.25, 0.3) is 0 Å². The lowest BCUT2D eigenvalue weighted by Crippen LogP contribution is -2.59. The summed E-state index contributed by atoms with van der Waals surface area (Å²) in [5, 5.41) is 1.89. The minimum Gasteiger partial charge on any atom is -0.329 e. The Morgan fingerprint density at radius 3 is 2.00 bits per heavy atom. The summed E-state index contributed by atoms with van der Waals surface area (Å²) in [5.74, 6) is 0. The van der Waals surface area contributed by atoms with Crippen LogP contribution in [-0.4, -0.2) is 42.3 Å². The van der Waals surface area contributed by atoms with E-state index in [0.717, 1.165) is 0 Å². The quantitative estimate of drug-likeness (QED) is 0.775. The smallest absolute Gasteiger partial charge is 0.329 e. The van der Waals surface area contributed by atoms with Gasteiger partial charge in [-0.05, 0) is 19.8 Å². The van der Waals surface area contributed by atoms with E-state index in [2.05, 4.69) is 0 Å². The third-order valence-electron chi connectivity index (χ3n) is 3.27. The lowest BCUT2D eigenvalue weighted by molar-refractivity contribution is -0.123. The van der Waals surface area contributed by atoms with Crippen LogP contribution in [0.4, 0.5) is 18.0 Å². The van der Waals surface area contributed by atoms with Crippen LogP contribution in [0.15, 0.2) is 0 Å². The number of likely N-dealkylation sites (N-methyl/N-ethyl adjacent to an activating group) is 1. The highest BCUT2D eigenvalue weighted by molar-refractivity contribution is 5.75. The molecule has 2 amide bonds. The number of carbonyl (C=O) groups is 1. The molecule has 0 fully saturated rings. The van der Waals surface area contributed by atoms with Gasteiger partial charge >= 0.3 is 12.2 Å². The number of halogens is 3. The molecule has 0 aliphatic heterocycles. The molecule has 0 saturated heterocycles. The molecule has 0 spiro atoms. The predicted octanol–water partition coefficient (Wildman–Crippen LogP) is 2.10. The lowest BCUT2D eigenvalue weighted by Gasteiger charge is -2.41. The lowest BCUT2D eigenvalue weighted by atomic mass is 9.91. The molecule has 0 bridgehead atoms. The minimum atomic E-state index is -4.40. The van der Waals surface area contributed by atoms with Crippen molar-refractivity contribution in [2.75, 3.05) is 19.6 Å². The Morgan fingerprint density at radius 2 is 1.72 bits per heavy atom. The number of nitrogens with zero attached hydrogens (tertiary/aromatic N) is 1. The Bertz CT molecular complexity index is 256. The van der Waals surface area contributed by atoms with Gasteiger partial charge in [-0.15, -0.1) is 0 Å². The van der Waals surface area contributed by atoms with Gasteiger partial charge < -0.3 is 16.0 Å². The molecule has 0 aromatic heterocycles. The summed E-state index contributed by atoms with van der Waals surface area (Å²) in [6.45, 7) is 4.70. The highest BCUT2D eigenvalue weighted by Crippen LogP contribution is 2.23. The Balaban J connectivity index is 4.80. The van der Waals surface area contributed by atoms with Gasteiger partial charge in [0.25, 0.3) is 0 Å². The van der Waals surface area contributed by atoms with Crippen molar-refractivity contribution < 1.29 is 18.0 Å². The van der Waals surface area contributed by atoms with E-state index in [9.17, 15) is 18.0 Å². The fourth-order valence-corrected chi connectivity index (χ4v) is 2.00. The van der Waals surface area contributed by atoms with Crippen molar-refractivity contribution in [3.05, 3.63) is 0 Å². The molecule has 0 saturated carbocycles. The van der Waals surface area contributed by atoms with Crippen molar-refractivity contribution >= 4 is 6.03 Å². The molecule has 0 rings (SSSR count). The topological polar surface area (TPSA) is 58.4 Å². The molecule has 0 aliphatic rings. The summed E-state index contributed by atoms with van der Waals surface area (Å²) in [7, 11) is 0. The molecule has 0 aromatic carbocycles. The van der Waals surface area contributed by atoms with Gasteiger partial charge in [0.05, 0.1) is 5.54 Å². The highest BCUT2D eigenvalue weighted by Gasteiger charge is 2.36. The Kier molecular flexibility index (Phi) is 6.45. The highest BCUT2D eigenvalue weighted by atomic mass is 19.4. The number of nitrogens with one attached hydrogen (secondary N) is 1. The van der Waals surface area contributed by atoms with Crippen molar-refractivity contribution in [2.45, 2.75) is 45.3 Å². The maximum Gasteiger partial charge on any atom is 0.405 e. The first-order valence-corrected chi connectivity index (χ1v) is 6.08. The summed E-state index contributed by atoms with van der Waals surface area (Å²) in [5.41, 5.74) is 5.10. The van der Waals surface area contributed by atoms with Crippen LogP contribution in [0.2, 0.25) is 0 Å². The number of rotatable bonds is 6. The largest absolute Gasteiger partial charge is 0.405 e. The molecule has 0 unspecified atom stereocenters. The van der Waals surface area contributed by atoms with E-state index in [-0.39, 0.29) is 6.54 Å². The van der Waals surface area contributed by atoms with Gasteiger partial charge in [0, 0.05) is 13.1 Å². The zero-order valence-corrected chi connectivity index (χ0v) is 11.1. The van der Waals surface area contributed by atoms with Gasteiger partial charge in [-0.2, -0.15) is 13.2 Å². The van der Waals surface area contributed by atoms with Gasteiger partial charge in [-0.3, -0.25) is 0 Å². The summed E-state index contributed by atoms with van der Waals surface area (Å²) in [6, 6.07) is -0.719. The molecular formula is C11H22F3N3O. The van der Waals surface area contributed by atoms with Crippen LogP contribution in [0, 0.1) is 0 Å². The standard InChI is InChI=1S/C11H22F3N3O/c1-4-10(5-2,7-15)17(6-3)9(18)16-8-11(12,13)14/h4-8,15H2,1-3H3,(H,16,18). The minimum absolute atomic E-state index is 0.229. The van der Waals surface area contributed by atoms with Gasteiger partial charge in [-0.1, -0.05) is 13.8 Å². The molecule has 0 heterocycles. The molecule has 0 aromatic rings.